The lowest BCUT2D eigenvalue weighted by molar-refractivity contribution is 0.230. The first-order valence-corrected chi connectivity index (χ1v) is 6.33. The average molecular weight is 248 g/mol. The van der Waals surface area contributed by atoms with E-state index in [4.69, 9.17) is 11.6 Å². The standard InChI is InChI=1S/C7H12ClF2NO2S/c8-5-1-3-6(4-2-5)11-14(12,13)7(9)10/h5-7,11H,1-4H2. The van der Waals surface area contributed by atoms with Gasteiger partial charge in [0.2, 0.25) is 0 Å². The topological polar surface area (TPSA) is 46.2 Å². The number of rotatable bonds is 3. The highest BCUT2D eigenvalue weighted by molar-refractivity contribution is 7.89. The summed E-state index contributed by atoms with van der Waals surface area (Å²) in [6.07, 6.45) is 2.39. The fraction of sp³-hybridized carbons (Fsp3) is 1.00. The molecule has 0 aromatic carbocycles. The van der Waals surface area contributed by atoms with Crippen molar-refractivity contribution in [1.82, 2.24) is 4.72 Å². The number of halogens is 3. The Labute approximate surface area is 86.9 Å². The molecule has 0 saturated heterocycles. The van der Waals surface area contributed by atoms with Crippen LogP contribution in [0, 0.1) is 0 Å². The van der Waals surface area contributed by atoms with Gasteiger partial charge in [-0.25, -0.2) is 13.1 Å². The molecule has 1 fully saturated rings. The van der Waals surface area contributed by atoms with E-state index in [0.717, 1.165) is 0 Å². The van der Waals surface area contributed by atoms with E-state index < -0.39 is 15.8 Å². The Morgan fingerprint density at radius 1 is 1.21 bits per heavy atom. The Kier molecular flexibility index (Phi) is 4.09. The van der Waals surface area contributed by atoms with Crippen LogP contribution in [0.3, 0.4) is 0 Å². The highest BCUT2D eigenvalue weighted by Crippen LogP contribution is 2.23. The third-order valence-corrected chi connectivity index (χ3v) is 3.79. The zero-order valence-electron chi connectivity index (χ0n) is 7.42. The number of hydrogen-bond donors (Lipinski definition) is 1. The van der Waals surface area contributed by atoms with Crippen molar-refractivity contribution in [2.45, 2.75) is 42.9 Å². The highest BCUT2D eigenvalue weighted by Gasteiger charge is 2.29. The summed E-state index contributed by atoms with van der Waals surface area (Å²) in [4.78, 5) is 0. The van der Waals surface area contributed by atoms with Crippen molar-refractivity contribution in [3.63, 3.8) is 0 Å². The third-order valence-electron chi connectivity index (χ3n) is 2.22. The maximum atomic E-state index is 12.0. The summed E-state index contributed by atoms with van der Waals surface area (Å²) in [5.74, 6) is -3.35. The minimum absolute atomic E-state index is 0.0438. The lowest BCUT2D eigenvalue weighted by Crippen LogP contribution is -2.40. The van der Waals surface area contributed by atoms with Crippen LogP contribution < -0.4 is 4.72 Å². The molecule has 0 aromatic rings. The van der Waals surface area contributed by atoms with Gasteiger partial charge in [0, 0.05) is 11.4 Å². The summed E-state index contributed by atoms with van der Waals surface area (Å²) in [5, 5.41) is 0.0438. The van der Waals surface area contributed by atoms with E-state index in [9.17, 15) is 17.2 Å². The van der Waals surface area contributed by atoms with E-state index in [1.165, 1.54) is 0 Å². The van der Waals surface area contributed by atoms with Gasteiger partial charge in [0.15, 0.2) is 0 Å². The largest absolute Gasteiger partial charge is 0.350 e. The van der Waals surface area contributed by atoms with Gasteiger partial charge >= 0.3 is 5.76 Å². The molecule has 0 spiro atoms. The van der Waals surface area contributed by atoms with Crippen LogP contribution in [0.1, 0.15) is 25.7 Å². The number of nitrogens with one attached hydrogen (secondary N) is 1. The molecule has 1 N–H and O–H groups in total. The molecule has 1 rings (SSSR count). The van der Waals surface area contributed by atoms with Crippen LogP contribution in [0.5, 0.6) is 0 Å². The lowest BCUT2D eigenvalue weighted by atomic mass is 9.96. The van der Waals surface area contributed by atoms with Crippen LogP contribution in [0.2, 0.25) is 0 Å². The zero-order valence-corrected chi connectivity index (χ0v) is 8.99. The maximum Gasteiger partial charge on any atom is 0.350 e. The molecule has 3 nitrogen and oxygen atoms in total. The second kappa shape index (κ2) is 4.72. The monoisotopic (exact) mass is 247 g/mol. The molecule has 7 heteroatoms. The lowest BCUT2D eigenvalue weighted by Gasteiger charge is -2.25. The molecular formula is C7H12ClF2NO2S. The van der Waals surface area contributed by atoms with Gasteiger partial charge in [-0.15, -0.1) is 11.6 Å². The van der Waals surface area contributed by atoms with Gasteiger partial charge in [-0.3, -0.25) is 0 Å². The summed E-state index contributed by atoms with van der Waals surface area (Å²) in [6, 6.07) is -0.385. The first kappa shape index (κ1) is 12.1. The number of sulfonamides is 1. The van der Waals surface area contributed by atoms with E-state index >= 15 is 0 Å². The van der Waals surface area contributed by atoms with Crippen molar-refractivity contribution in [1.29, 1.82) is 0 Å². The first-order valence-electron chi connectivity index (χ1n) is 4.35. The minimum atomic E-state index is -4.44. The molecule has 0 atom stereocenters. The average Bonchev–Trinajstić information content (AvgIpc) is 2.08. The molecule has 0 unspecified atom stereocenters. The predicted octanol–water partition coefficient (Wildman–Crippen LogP) is 1.68. The van der Waals surface area contributed by atoms with E-state index in [2.05, 4.69) is 0 Å². The van der Waals surface area contributed by atoms with E-state index in [0.29, 0.717) is 25.7 Å². The quantitative estimate of drug-likeness (QED) is 0.772. The van der Waals surface area contributed by atoms with E-state index in [-0.39, 0.29) is 11.4 Å². The Bertz CT molecular complexity index is 275. The van der Waals surface area contributed by atoms with E-state index in [1.807, 2.05) is 4.72 Å². The van der Waals surface area contributed by atoms with Gasteiger partial charge in [0.25, 0.3) is 10.0 Å². The smallest absolute Gasteiger partial charge is 0.207 e. The second-order valence-electron chi connectivity index (χ2n) is 3.37. The molecule has 84 valence electrons. The fourth-order valence-corrected chi connectivity index (χ4v) is 2.51. The van der Waals surface area contributed by atoms with Crippen LogP contribution in [0.15, 0.2) is 0 Å². The molecule has 0 aromatic heterocycles. The Balaban J connectivity index is 2.46. The predicted molar refractivity (Wildman–Crippen MR) is 50.0 cm³/mol. The Morgan fingerprint density at radius 3 is 2.14 bits per heavy atom. The van der Waals surface area contributed by atoms with Crippen molar-refractivity contribution >= 4 is 21.6 Å². The van der Waals surface area contributed by atoms with Crippen molar-refractivity contribution in [2.75, 3.05) is 0 Å². The zero-order chi connectivity index (χ0) is 10.8. The molecule has 0 amide bonds. The fourth-order valence-electron chi connectivity index (χ4n) is 1.45. The third kappa shape index (κ3) is 3.33. The molecule has 0 bridgehead atoms. The van der Waals surface area contributed by atoms with Crippen LogP contribution in [0.4, 0.5) is 8.78 Å². The molecule has 1 saturated carbocycles. The van der Waals surface area contributed by atoms with Crippen LogP contribution in [0.25, 0.3) is 0 Å². The molecule has 0 radical (unpaired) electrons. The van der Waals surface area contributed by atoms with Crippen molar-refractivity contribution in [2.24, 2.45) is 0 Å². The Morgan fingerprint density at radius 2 is 1.71 bits per heavy atom. The summed E-state index contributed by atoms with van der Waals surface area (Å²) in [6.45, 7) is 0. The van der Waals surface area contributed by atoms with Gasteiger partial charge in [0.05, 0.1) is 0 Å². The summed E-state index contributed by atoms with van der Waals surface area (Å²) >= 11 is 5.79. The van der Waals surface area contributed by atoms with Crippen molar-refractivity contribution in [3.05, 3.63) is 0 Å². The normalized spacial score (nSPS) is 29.4. The van der Waals surface area contributed by atoms with Gasteiger partial charge in [-0.2, -0.15) is 8.78 Å². The molecule has 0 aliphatic heterocycles. The maximum absolute atomic E-state index is 12.0. The van der Waals surface area contributed by atoms with Crippen LogP contribution >= 0.6 is 11.6 Å². The van der Waals surface area contributed by atoms with E-state index in [1.54, 1.807) is 0 Å². The summed E-state index contributed by atoms with van der Waals surface area (Å²) in [5.41, 5.74) is 0. The number of hydrogen-bond acceptors (Lipinski definition) is 2. The summed E-state index contributed by atoms with van der Waals surface area (Å²) in [7, 11) is -4.44. The van der Waals surface area contributed by atoms with Crippen LogP contribution in [-0.4, -0.2) is 25.6 Å². The molecule has 1 aliphatic rings. The van der Waals surface area contributed by atoms with Gasteiger partial charge < -0.3 is 0 Å². The molecular weight excluding hydrogens is 236 g/mol. The van der Waals surface area contributed by atoms with Crippen LogP contribution in [-0.2, 0) is 10.0 Å². The SMILES string of the molecule is O=S(=O)(NC1CCC(Cl)CC1)C(F)F. The van der Waals surface area contributed by atoms with Gasteiger partial charge in [0.1, 0.15) is 0 Å². The van der Waals surface area contributed by atoms with Gasteiger partial charge in [-0.1, -0.05) is 0 Å². The molecule has 1 aliphatic carbocycles. The second-order valence-corrected chi connectivity index (χ2v) is 5.67. The highest BCUT2D eigenvalue weighted by atomic mass is 35.5. The Hall–Kier alpha value is 0.0600. The van der Waals surface area contributed by atoms with Crippen molar-refractivity contribution in [3.8, 4) is 0 Å². The van der Waals surface area contributed by atoms with Gasteiger partial charge in [-0.05, 0) is 25.7 Å². The number of alkyl halides is 3. The van der Waals surface area contributed by atoms with Crippen molar-refractivity contribution < 1.29 is 17.2 Å². The molecule has 14 heavy (non-hydrogen) atoms. The summed E-state index contributed by atoms with van der Waals surface area (Å²) < 4.78 is 47.5. The minimum Gasteiger partial charge on any atom is -0.207 e. The molecule has 0 heterocycles. The first-order chi connectivity index (χ1) is 6.42.